The normalized spacial score (nSPS) is 10.8. The molecule has 2 aromatic carbocycles. The predicted octanol–water partition coefficient (Wildman–Crippen LogP) is 2.82. The maximum absolute atomic E-state index is 11.6. The second-order valence-electron chi connectivity index (χ2n) is 6.55. The van der Waals surface area contributed by atoms with Gasteiger partial charge in [-0.3, -0.25) is 4.79 Å². The molecule has 3 rings (SSSR count). The number of rotatable bonds is 11. The van der Waals surface area contributed by atoms with Gasteiger partial charge in [-0.15, -0.1) is 0 Å². The fourth-order valence-electron chi connectivity index (χ4n) is 3.20. The van der Waals surface area contributed by atoms with Gasteiger partial charge < -0.3 is 24.1 Å². The summed E-state index contributed by atoms with van der Waals surface area (Å²) in [7, 11) is 3.14. The molecule has 7 heteroatoms. The molecular formula is C22H27N3O4. The molecule has 0 aliphatic carbocycles. The van der Waals surface area contributed by atoms with E-state index in [-0.39, 0.29) is 12.5 Å². The Hall–Kier alpha value is -3.06. The van der Waals surface area contributed by atoms with Gasteiger partial charge in [-0.05, 0) is 30.7 Å². The first-order valence-electron chi connectivity index (χ1n) is 9.68. The number of hydrogen-bond acceptors (Lipinski definition) is 5. The van der Waals surface area contributed by atoms with Crippen LogP contribution in [0, 0.1) is 0 Å². The number of carbonyl (C=O) groups excluding carboxylic acids is 1. The summed E-state index contributed by atoms with van der Waals surface area (Å²) in [6.45, 7) is 1.92. The van der Waals surface area contributed by atoms with E-state index >= 15 is 0 Å². The van der Waals surface area contributed by atoms with Crippen LogP contribution in [-0.2, 0) is 22.5 Å². The second-order valence-corrected chi connectivity index (χ2v) is 6.55. The number of nitrogens with zero attached hydrogens (tertiary/aromatic N) is 2. The third-order valence-electron chi connectivity index (χ3n) is 4.53. The standard InChI is InChI=1S/C22H27N3O4/c1-27-16-22(26)23-13-12-21-24-17-8-3-4-9-18(17)25(21)14-7-15-29-20-11-6-5-10-19(20)28-2/h3-6,8-11H,7,12-16H2,1-2H3,(H,23,26). The van der Waals surface area contributed by atoms with Crippen molar-refractivity contribution in [2.45, 2.75) is 19.4 Å². The smallest absolute Gasteiger partial charge is 0.245 e. The Labute approximate surface area is 170 Å². The van der Waals surface area contributed by atoms with Crippen molar-refractivity contribution < 1.29 is 19.0 Å². The number of hydrogen-bond donors (Lipinski definition) is 1. The summed E-state index contributed by atoms with van der Waals surface area (Å²) in [4.78, 5) is 16.3. The summed E-state index contributed by atoms with van der Waals surface area (Å²) in [5, 5.41) is 2.85. The van der Waals surface area contributed by atoms with E-state index in [2.05, 4.69) is 16.0 Å². The van der Waals surface area contributed by atoms with Crippen LogP contribution in [0.5, 0.6) is 11.5 Å². The minimum Gasteiger partial charge on any atom is -0.493 e. The first-order chi connectivity index (χ1) is 14.2. The van der Waals surface area contributed by atoms with E-state index in [1.807, 2.05) is 42.5 Å². The lowest BCUT2D eigenvalue weighted by atomic mass is 10.3. The van der Waals surface area contributed by atoms with Crippen LogP contribution in [0.15, 0.2) is 48.5 Å². The van der Waals surface area contributed by atoms with Gasteiger partial charge in [-0.25, -0.2) is 4.98 Å². The fraction of sp³-hybridized carbons (Fsp3) is 0.364. The monoisotopic (exact) mass is 397 g/mol. The molecule has 1 amide bonds. The molecule has 0 saturated heterocycles. The van der Waals surface area contributed by atoms with Crippen molar-refractivity contribution in [1.29, 1.82) is 0 Å². The molecule has 0 aliphatic heterocycles. The first-order valence-corrected chi connectivity index (χ1v) is 9.68. The van der Waals surface area contributed by atoms with Gasteiger partial charge in [0.1, 0.15) is 12.4 Å². The number of para-hydroxylation sites is 4. The highest BCUT2D eigenvalue weighted by Crippen LogP contribution is 2.26. The summed E-state index contributed by atoms with van der Waals surface area (Å²) in [5.41, 5.74) is 2.04. The number of benzene rings is 2. The van der Waals surface area contributed by atoms with Crippen molar-refractivity contribution in [2.24, 2.45) is 0 Å². The molecule has 0 saturated carbocycles. The van der Waals surface area contributed by atoms with Gasteiger partial charge in [0.15, 0.2) is 11.5 Å². The number of nitrogens with one attached hydrogen (secondary N) is 1. The highest BCUT2D eigenvalue weighted by molar-refractivity contribution is 5.77. The molecule has 7 nitrogen and oxygen atoms in total. The average molecular weight is 397 g/mol. The van der Waals surface area contributed by atoms with Crippen LogP contribution in [-0.4, -0.2) is 49.4 Å². The Kier molecular flexibility index (Phi) is 7.47. The van der Waals surface area contributed by atoms with E-state index in [0.29, 0.717) is 19.6 Å². The Bertz CT molecular complexity index is 939. The van der Waals surface area contributed by atoms with Crippen molar-refractivity contribution in [3.63, 3.8) is 0 Å². The zero-order valence-electron chi connectivity index (χ0n) is 16.9. The SMILES string of the molecule is COCC(=O)NCCc1nc2ccccc2n1CCCOc1ccccc1OC. The fourth-order valence-corrected chi connectivity index (χ4v) is 3.20. The van der Waals surface area contributed by atoms with E-state index in [1.165, 1.54) is 7.11 Å². The maximum Gasteiger partial charge on any atom is 0.245 e. The van der Waals surface area contributed by atoms with E-state index in [0.717, 1.165) is 41.3 Å². The molecule has 1 aromatic heterocycles. The summed E-state index contributed by atoms with van der Waals surface area (Å²) >= 11 is 0. The lowest BCUT2D eigenvalue weighted by Crippen LogP contribution is -2.29. The Morgan fingerprint density at radius 1 is 1.07 bits per heavy atom. The molecule has 0 spiro atoms. The van der Waals surface area contributed by atoms with Crippen LogP contribution in [0.2, 0.25) is 0 Å². The van der Waals surface area contributed by atoms with Crippen LogP contribution in [0.1, 0.15) is 12.2 Å². The average Bonchev–Trinajstić information content (AvgIpc) is 3.09. The molecule has 0 radical (unpaired) electrons. The van der Waals surface area contributed by atoms with Crippen molar-refractivity contribution >= 4 is 16.9 Å². The lowest BCUT2D eigenvalue weighted by Gasteiger charge is -2.12. The highest BCUT2D eigenvalue weighted by atomic mass is 16.5. The highest BCUT2D eigenvalue weighted by Gasteiger charge is 2.11. The summed E-state index contributed by atoms with van der Waals surface area (Å²) in [6.07, 6.45) is 1.47. The molecular weight excluding hydrogens is 370 g/mol. The number of ether oxygens (including phenoxy) is 3. The number of amides is 1. The molecule has 0 unspecified atom stereocenters. The van der Waals surface area contributed by atoms with Crippen molar-refractivity contribution in [1.82, 2.24) is 14.9 Å². The maximum atomic E-state index is 11.6. The van der Waals surface area contributed by atoms with Gasteiger partial charge in [-0.1, -0.05) is 24.3 Å². The lowest BCUT2D eigenvalue weighted by molar-refractivity contribution is -0.124. The molecule has 3 aromatic rings. The topological polar surface area (TPSA) is 74.6 Å². The van der Waals surface area contributed by atoms with Crippen LogP contribution >= 0.6 is 0 Å². The summed E-state index contributed by atoms with van der Waals surface area (Å²) in [5.74, 6) is 2.29. The molecule has 0 bridgehead atoms. The van der Waals surface area contributed by atoms with E-state index in [1.54, 1.807) is 7.11 Å². The van der Waals surface area contributed by atoms with Crippen molar-refractivity contribution in [3.05, 3.63) is 54.4 Å². The predicted molar refractivity (Wildman–Crippen MR) is 111 cm³/mol. The van der Waals surface area contributed by atoms with Gasteiger partial charge in [0.05, 0.1) is 24.8 Å². The van der Waals surface area contributed by atoms with Crippen molar-refractivity contribution in [3.8, 4) is 11.5 Å². The largest absolute Gasteiger partial charge is 0.493 e. The number of aromatic nitrogens is 2. The summed E-state index contributed by atoms with van der Waals surface area (Å²) in [6, 6.07) is 15.7. The third kappa shape index (κ3) is 5.48. The van der Waals surface area contributed by atoms with Crippen LogP contribution in [0.25, 0.3) is 11.0 Å². The van der Waals surface area contributed by atoms with Crippen molar-refractivity contribution in [2.75, 3.05) is 34.0 Å². The van der Waals surface area contributed by atoms with Gasteiger partial charge >= 0.3 is 0 Å². The number of imidazole rings is 1. The minimum absolute atomic E-state index is 0.0662. The van der Waals surface area contributed by atoms with E-state index < -0.39 is 0 Å². The van der Waals surface area contributed by atoms with E-state index in [9.17, 15) is 4.79 Å². The van der Waals surface area contributed by atoms with Crippen LogP contribution in [0.3, 0.4) is 0 Å². The summed E-state index contributed by atoms with van der Waals surface area (Å²) < 4.78 is 18.2. The van der Waals surface area contributed by atoms with Gasteiger partial charge in [-0.2, -0.15) is 0 Å². The Morgan fingerprint density at radius 3 is 2.62 bits per heavy atom. The number of methoxy groups -OCH3 is 2. The molecule has 0 fully saturated rings. The molecule has 154 valence electrons. The molecule has 1 N–H and O–H groups in total. The Balaban J connectivity index is 1.62. The zero-order chi connectivity index (χ0) is 20.5. The Morgan fingerprint density at radius 2 is 1.83 bits per heavy atom. The molecule has 0 atom stereocenters. The second kappa shape index (κ2) is 10.5. The molecule has 1 heterocycles. The third-order valence-corrected chi connectivity index (χ3v) is 4.53. The zero-order valence-corrected chi connectivity index (χ0v) is 16.9. The van der Waals surface area contributed by atoms with E-state index in [4.69, 9.17) is 19.2 Å². The number of fused-ring (bicyclic) bond motifs is 1. The quantitative estimate of drug-likeness (QED) is 0.504. The number of carbonyl (C=O) groups is 1. The van der Waals surface area contributed by atoms with Gasteiger partial charge in [0.25, 0.3) is 0 Å². The van der Waals surface area contributed by atoms with Crippen LogP contribution < -0.4 is 14.8 Å². The number of aryl methyl sites for hydroxylation is 1. The molecule has 29 heavy (non-hydrogen) atoms. The van der Waals surface area contributed by atoms with Crippen LogP contribution in [0.4, 0.5) is 0 Å². The van der Waals surface area contributed by atoms with Gasteiger partial charge in [0, 0.05) is 26.6 Å². The first kappa shape index (κ1) is 20.7. The van der Waals surface area contributed by atoms with Gasteiger partial charge in [0.2, 0.25) is 5.91 Å². The minimum atomic E-state index is -0.125. The molecule has 0 aliphatic rings.